The van der Waals surface area contributed by atoms with E-state index in [1.165, 1.54) is 11.1 Å². The number of amides is 2. The molecule has 0 radical (unpaired) electrons. The molecule has 0 saturated carbocycles. The van der Waals surface area contributed by atoms with Crippen molar-refractivity contribution in [3.05, 3.63) is 34.9 Å². The number of piperidine rings is 1. The summed E-state index contributed by atoms with van der Waals surface area (Å²) in [5.74, 6) is 0.0287. The van der Waals surface area contributed by atoms with Gasteiger partial charge in [0.1, 0.15) is 0 Å². The highest BCUT2D eigenvalue weighted by atomic mass is 16.2. The molecule has 2 rings (SSSR count). The Balaban J connectivity index is 1.98. The minimum absolute atomic E-state index is 0.00620. The first-order valence-corrected chi connectivity index (χ1v) is 8.15. The second-order valence-electron chi connectivity index (χ2n) is 6.14. The largest absolute Gasteiger partial charge is 0.348 e. The Kier molecular flexibility index (Phi) is 5.58. The minimum Gasteiger partial charge on any atom is -0.348 e. The number of carbonyl (C=O) groups is 2. The topological polar surface area (TPSA) is 49.4 Å². The number of carbonyl (C=O) groups excluding carboxylic acids is 2. The summed E-state index contributed by atoms with van der Waals surface area (Å²) < 4.78 is 0. The van der Waals surface area contributed by atoms with Gasteiger partial charge in [-0.05, 0) is 49.8 Å². The molecule has 1 unspecified atom stereocenters. The number of benzene rings is 1. The fraction of sp³-hybridized carbons (Fsp3) is 0.556. The van der Waals surface area contributed by atoms with Crippen molar-refractivity contribution in [3.8, 4) is 0 Å². The molecule has 1 atom stereocenters. The molecule has 120 valence electrons. The van der Waals surface area contributed by atoms with Gasteiger partial charge in [-0.1, -0.05) is 25.1 Å². The van der Waals surface area contributed by atoms with Crippen LogP contribution in [0.3, 0.4) is 0 Å². The number of hydrogen-bond donors (Lipinski definition) is 1. The average molecular weight is 302 g/mol. The van der Waals surface area contributed by atoms with Gasteiger partial charge in [-0.2, -0.15) is 0 Å². The molecule has 1 heterocycles. The third-order valence-electron chi connectivity index (χ3n) is 4.43. The standard InChI is InChI=1S/C18H26N2O2/c1-4-16(15-9-8-13(2)14(3)11-15)19-17(21)12-20-10-6-5-7-18(20)22/h8-9,11,16H,4-7,10,12H2,1-3H3,(H,19,21). The smallest absolute Gasteiger partial charge is 0.240 e. The molecular formula is C18H26N2O2. The Bertz CT molecular complexity index is 554. The number of hydrogen-bond acceptors (Lipinski definition) is 2. The minimum atomic E-state index is -0.0691. The van der Waals surface area contributed by atoms with Crippen molar-refractivity contribution in [2.45, 2.75) is 52.5 Å². The van der Waals surface area contributed by atoms with Gasteiger partial charge in [0.25, 0.3) is 0 Å². The molecule has 1 aliphatic rings. The van der Waals surface area contributed by atoms with Crippen LogP contribution in [-0.2, 0) is 9.59 Å². The summed E-state index contributed by atoms with van der Waals surface area (Å²) in [6.07, 6.45) is 3.34. The van der Waals surface area contributed by atoms with Gasteiger partial charge in [0.15, 0.2) is 0 Å². The van der Waals surface area contributed by atoms with Crippen LogP contribution in [0.2, 0.25) is 0 Å². The summed E-state index contributed by atoms with van der Waals surface area (Å²) in [5, 5.41) is 3.06. The summed E-state index contributed by atoms with van der Waals surface area (Å²) in [6, 6.07) is 6.30. The first kappa shape index (κ1) is 16.5. The van der Waals surface area contributed by atoms with Crippen molar-refractivity contribution in [3.63, 3.8) is 0 Å². The molecule has 0 aromatic heterocycles. The Morgan fingerprint density at radius 2 is 2.05 bits per heavy atom. The van der Waals surface area contributed by atoms with Crippen LogP contribution in [0, 0.1) is 13.8 Å². The summed E-state index contributed by atoms with van der Waals surface area (Å²) in [7, 11) is 0. The molecular weight excluding hydrogens is 276 g/mol. The Morgan fingerprint density at radius 3 is 2.68 bits per heavy atom. The lowest BCUT2D eigenvalue weighted by atomic mass is 9.99. The Labute approximate surface area is 132 Å². The van der Waals surface area contributed by atoms with E-state index in [2.05, 4.69) is 44.3 Å². The molecule has 0 spiro atoms. The SMILES string of the molecule is CCC(NC(=O)CN1CCCCC1=O)c1ccc(C)c(C)c1. The lowest BCUT2D eigenvalue weighted by molar-refractivity contribution is -0.138. The number of aryl methyl sites for hydroxylation is 2. The zero-order chi connectivity index (χ0) is 16.1. The molecule has 4 nitrogen and oxygen atoms in total. The van der Waals surface area contributed by atoms with E-state index in [0.29, 0.717) is 13.0 Å². The second kappa shape index (κ2) is 7.43. The highest BCUT2D eigenvalue weighted by molar-refractivity contribution is 5.85. The maximum absolute atomic E-state index is 12.2. The zero-order valence-corrected chi connectivity index (χ0v) is 13.8. The summed E-state index contributed by atoms with van der Waals surface area (Å²) >= 11 is 0. The molecule has 1 saturated heterocycles. The van der Waals surface area contributed by atoms with Crippen LogP contribution >= 0.6 is 0 Å². The number of likely N-dealkylation sites (tertiary alicyclic amines) is 1. The van der Waals surface area contributed by atoms with Crippen molar-refractivity contribution in [1.82, 2.24) is 10.2 Å². The molecule has 1 fully saturated rings. The van der Waals surface area contributed by atoms with Crippen molar-refractivity contribution >= 4 is 11.8 Å². The van der Waals surface area contributed by atoms with Gasteiger partial charge < -0.3 is 10.2 Å². The number of nitrogens with one attached hydrogen (secondary N) is 1. The quantitative estimate of drug-likeness (QED) is 0.909. The van der Waals surface area contributed by atoms with Crippen molar-refractivity contribution in [2.24, 2.45) is 0 Å². The third kappa shape index (κ3) is 4.09. The number of nitrogens with zero attached hydrogens (tertiary/aromatic N) is 1. The predicted octanol–water partition coefficient (Wildman–Crippen LogP) is 2.88. The van der Waals surface area contributed by atoms with Crippen LogP contribution in [0.1, 0.15) is 55.3 Å². The van der Waals surface area contributed by atoms with E-state index < -0.39 is 0 Å². The first-order valence-electron chi connectivity index (χ1n) is 8.15. The van der Waals surface area contributed by atoms with E-state index in [-0.39, 0.29) is 24.4 Å². The van der Waals surface area contributed by atoms with Gasteiger partial charge in [-0.15, -0.1) is 0 Å². The summed E-state index contributed by atoms with van der Waals surface area (Å²) in [4.78, 5) is 25.7. The highest BCUT2D eigenvalue weighted by Gasteiger charge is 2.21. The van der Waals surface area contributed by atoms with Crippen molar-refractivity contribution < 1.29 is 9.59 Å². The fourth-order valence-electron chi connectivity index (χ4n) is 2.84. The summed E-state index contributed by atoms with van der Waals surface area (Å²) in [6.45, 7) is 7.11. The van der Waals surface area contributed by atoms with E-state index in [9.17, 15) is 9.59 Å². The molecule has 1 aromatic rings. The van der Waals surface area contributed by atoms with Crippen LogP contribution in [-0.4, -0.2) is 29.8 Å². The van der Waals surface area contributed by atoms with E-state index in [1.54, 1.807) is 4.90 Å². The second-order valence-corrected chi connectivity index (χ2v) is 6.14. The van der Waals surface area contributed by atoms with Gasteiger partial charge in [0.2, 0.25) is 11.8 Å². The normalized spacial score (nSPS) is 16.5. The predicted molar refractivity (Wildman–Crippen MR) is 87.5 cm³/mol. The van der Waals surface area contributed by atoms with Crippen molar-refractivity contribution in [2.75, 3.05) is 13.1 Å². The lowest BCUT2D eigenvalue weighted by Crippen LogP contribution is -2.43. The highest BCUT2D eigenvalue weighted by Crippen LogP contribution is 2.20. The average Bonchev–Trinajstić information content (AvgIpc) is 2.50. The van der Waals surface area contributed by atoms with Crippen LogP contribution in [0.5, 0.6) is 0 Å². The van der Waals surface area contributed by atoms with Crippen LogP contribution in [0.15, 0.2) is 18.2 Å². The molecule has 22 heavy (non-hydrogen) atoms. The summed E-state index contributed by atoms with van der Waals surface area (Å²) in [5.41, 5.74) is 3.61. The van der Waals surface area contributed by atoms with Gasteiger partial charge in [0, 0.05) is 13.0 Å². The molecule has 1 aliphatic heterocycles. The van der Waals surface area contributed by atoms with Gasteiger partial charge in [0.05, 0.1) is 12.6 Å². The zero-order valence-electron chi connectivity index (χ0n) is 13.8. The van der Waals surface area contributed by atoms with Gasteiger partial charge in [-0.3, -0.25) is 9.59 Å². The van der Waals surface area contributed by atoms with Crippen LogP contribution < -0.4 is 5.32 Å². The molecule has 0 bridgehead atoms. The van der Waals surface area contributed by atoms with Crippen LogP contribution in [0.25, 0.3) is 0 Å². The molecule has 1 aromatic carbocycles. The monoisotopic (exact) mass is 302 g/mol. The molecule has 4 heteroatoms. The number of rotatable bonds is 5. The van der Waals surface area contributed by atoms with E-state index in [1.807, 2.05) is 0 Å². The Hall–Kier alpha value is -1.84. The van der Waals surface area contributed by atoms with Crippen LogP contribution in [0.4, 0.5) is 0 Å². The van der Waals surface area contributed by atoms with Gasteiger partial charge >= 0.3 is 0 Å². The lowest BCUT2D eigenvalue weighted by Gasteiger charge is -2.27. The van der Waals surface area contributed by atoms with Crippen molar-refractivity contribution in [1.29, 1.82) is 0 Å². The van der Waals surface area contributed by atoms with E-state index in [4.69, 9.17) is 0 Å². The molecule has 2 amide bonds. The maximum Gasteiger partial charge on any atom is 0.240 e. The fourth-order valence-corrected chi connectivity index (χ4v) is 2.84. The Morgan fingerprint density at radius 1 is 1.27 bits per heavy atom. The third-order valence-corrected chi connectivity index (χ3v) is 4.43. The molecule has 0 aliphatic carbocycles. The molecule has 1 N–H and O–H groups in total. The maximum atomic E-state index is 12.2. The van der Waals surface area contributed by atoms with E-state index in [0.717, 1.165) is 24.8 Å². The first-order chi connectivity index (χ1) is 10.5. The van der Waals surface area contributed by atoms with Gasteiger partial charge in [-0.25, -0.2) is 0 Å². The van der Waals surface area contributed by atoms with E-state index >= 15 is 0 Å².